The van der Waals surface area contributed by atoms with Gasteiger partial charge in [-0.15, -0.1) is 0 Å². The molecule has 3 nitrogen and oxygen atoms in total. The number of rotatable bonds is 11. The van der Waals surface area contributed by atoms with E-state index >= 15 is 0 Å². The molecule has 0 heterocycles. The van der Waals surface area contributed by atoms with Crippen LogP contribution in [0.3, 0.4) is 0 Å². The molecule has 0 bridgehead atoms. The van der Waals surface area contributed by atoms with Crippen LogP contribution in [0, 0.1) is 0 Å². The summed E-state index contributed by atoms with van der Waals surface area (Å²) in [4.78, 5) is 0. The van der Waals surface area contributed by atoms with Crippen LogP contribution in [0.4, 0.5) is 0 Å². The second kappa shape index (κ2) is 14.7. The predicted octanol–water partition coefficient (Wildman–Crippen LogP) is 8.60. The molecule has 0 fully saturated rings. The summed E-state index contributed by atoms with van der Waals surface area (Å²) in [6.45, 7) is 22.4. The molecule has 0 aliphatic heterocycles. The van der Waals surface area contributed by atoms with Crippen molar-refractivity contribution in [2.24, 2.45) is 0 Å². The monoisotopic (exact) mass is 444 g/mol. The molecular formula is C19H56O3Si4. The van der Waals surface area contributed by atoms with Crippen molar-refractivity contribution in [3.8, 4) is 0 Å². The number of unbranched alkanes of at least 4 members (excludes halogenated alkanes) is 3. The molecule has 0 radical (unpaired) electrons. The van der Waals surface area contributed by atoms with Crippen LogP contribution in [0.25, 0.3) is 0 Å². The van der Waals surface area contributed by atoms with Crippen LogP contribution in [0.15, 0.2) is 0 Å². The zero-order valence-electron chi connectivity index (χ0n) is 16.8. The van der Waals surface area contributed by atoms with E-state index in [1.165, 1.54) is 25.7 Å². The first-order valence-electron chi connectivity index (χ1n) is 8.79. The van der Waals surface area contributed by atoms with Gasteiger partial charge in [-0.05, 0) is 65.0 Å². The first kappa shape index (κ1) is 37.5. The van der Waals surface area contributed by atoms with E-state index in [1.807, 2.05) is 0 Å². The average Bonchev–Trinajstić information content (AvgIpc) is 2.16. The minimum atomic E-state index is -2.15. The maximum atomic E-state index is 6.66. The zero-order chi connectivity index (χ0) is 17.7. The van der Waals surface area contributed by atoms with Gasteiger partial charge in [-0.3, -0.25) is 0 Å². The molecule has 166 valence electrons. The maximum Gasteiger partial charge on any atom is 0.315 e. The normalized spacial score (nSPS) is 14.1. The molecular weight excluding hydrogens is 389 g/mol. The maximum absolute atomic E-state index is 6.66. The van der Waals surface area contributed by atoms with E-state index in [4.69, 9.17) is 12.3 Å². The Morgan fingerprint density at radius 3 is 1.31 bits per heavy atom. The summed E-state index contributed by atoms with van der Waals surface area (Å²) in [5.74, 6) is 0. The van der Waals surface area contributed by atoms with Crippen molar-refractivity contribution in [2.75, 3.05) is 0 Å². The lowest BCUT2D eigenvalue weighted by Gasteiger charge is -2.41. The van der Waals surface area contributed by atoms with Gasteiger partial charge in [0.1, 0.15) is 0 Å². The Hall–Kier alpha value is 0.748. The smallest absolute Gasteiger partial charge is 0.315 e. The molecule has 0 aliphatic carbocycles. The molecule has 0 aliphatic rings. The first-order chi connectivity index (χ1) is 9.68. The highest BCUT2D eigenvalue weighted by atomic mass is 28.5. The Morgan fingerprint density at radius 2 is 0.962 bits per heavy atom. The van der Waals surface area contributed by atoms with Gasteiger partial charge in [0.05, 0.1) is 0 Å². The van der Waals surface area contributed by atoms with Gasteiger partial charge in [-0.25, -0.2) is 0 Å². The fraction of sp³-hybridized carbons (Fsp3) is 1.00. The summed E-state index contributed by atoms with van der Waals surface area (Å²) in [6, 6.07) is 1.10. The second-order valence-electron chi connectivity index (χ2n) is 8.88. The van der Waals surface area contributed by atoms with Crippen molar-refractivity contribution in [2.45, 2.75) is 127 Å². The highest BCUT2D eigenvalue weighted by Gasteiger charge is 2.43. The molecule has 0 aromatic carbocycles. The Balaban J connectivity index is -0.000000367. The van der Waals surface area contributed by atoms with E-state index in [0.29, 0.717) is 0 Å². The molecule has 0 N–H and O–H groups in total. The molecule has 0 amide bonds. The Kier molecular flexibility index (Phi) is 21.2. The largest absolute Gasteiger partial charge is 0.437 e. The third kappa shape index (κ3) is 21.1. The van der Waals surface area contributed by atoms with Crippen LogP contribution in [-0.4, -0.2) is 33.8 Å². The van der Waals surface area contributed by atoms with Gasteiger partial charge in [0, 0.05) is 0 Å². The van der Waals surface area contributed by atoms with E-state index in [0.717, 1.165) is 6.04 Å². The summed E-state index contributed by atoms with van der Waals surface area (Å²) in [7, 11) is -7.46. The minimum absolute atomic E-state index is 0. The summed E-state index contributed by atoms with van der Waals surface area (Å²) in [5.41, 5.74) is 0. The van der Waals surface area contributed by atoms with E-state index in [2.05, 4.69) is 65.8 Å². The average molecular weight is 445 g/mol. The molecule has 0 saturated carbocycles. The van der Waals surface area contributed by atoms with Crippen molar-refractivity contribution >= 4 is 33.8 Å². The molecule has 0 spiro atoms. The second-order valence-corrected chi connectivity index (χ2v) is 25.3. The molecule has 0 rings (SSSR count). The lowest BCUT2D eigenvalue weighted by Crippen LogP contribution is -2.56. The molecule has 0 saturated heterocycles. The van der Waals surface area contributed by atoms with E-state index < -0.39 is 33.8 Å². The van der Waals surface area contributed by atoms with Gasteiger partial charge in [-0.2, -0.15) is 0 Å². The number of hydrogen-bond acceptors (Lipinski definition) is 3. The van der Waals surface area contributed by atoms with Gasteiger partial charge in [0.2, 0.25) is 0 Å². The SMILES string of the molecule is C.C.C.C.CCCCCC[Si](C)(O[Si](C)(C)C)O[Si](C)(C)O[Si](C)(C)C. The van der Waals surface area contributed by atoms with Crippen LogP contribution in [0.5, 0.6) is 0 Å². The summed E-state index contributed by atoms with van der Waals surface area (Å²) in [5, 5.41) is 0. The molecule has 26 heavy (non-hydrogen) atoms. The lowest BCUT2D eigenvalue weighted by atomic mass is 10.2. The summed E-state index contributed by atoms with van der Waals surface area (Å²) < 4.78 is 19.6. The minimum Gasteiger partial charge on any atom is -0.437 e. The van der Waals surface area contributed by atoms with Gasteiger partial charge in [-0.1, -0.05) is 62.3 Å². The fourth-order valence-corrected chi connectivity index (χ4v) is 21.0. The van der Waals surface area contributed by atoms with Crippen molar-refractivity contribution in [1.29, 1.82) is 0 Å². The van der Waals surface area contributed by atoms with E-state index in [9.17, 15) is 0 Å². The molecule has 0 aromatic rings. The standard InChI is InChI=1S/C15H40O3Si4.4CH4/c1-11-12-13-14-15-22(10,17-20(5,6)7)18-21(8,9)16-19(2,3)4;;;;/h11-15H2,1-10H3;4*1H4. The highest BCUT2D eigenvalue weighted by Crippen LogP contribution is 2.28. The third-order valence-electron chi connectivity index (χ3n) is 3.02. The lowest BCUT2D eigenvalue weighted by molar-refractivity contribution is 0.322. The fourth-order valence-electron chi connectivity index (χ4n) is 2.92. The van der Waals surface area contributed by atoms with Crippen LogP contribution < -0.4 is 0 Å². The van der Waals surface area contributed by atoms with Crippen LogP contribution in [-0.2, 0) is 12.3 Å². The van der Waals surface area contributed by atoms with Crippen molar-refractivity contribution in [1.82, 2.24) is 0 Å². The predicted molar refractivity (Wildman–Crippen MR) is 135 cm³/mol. The summed E-state index contributed by atoms with van der Waals surface area (Å²) in [6.07, 6.45) is 5.09. The van der Waals surface area contributed by atoms with Crippen molar-refractivity contribution in [3.63, 3.8) is 0 Å². The summed E-state index contributed by atoms with van der Waals surface area (Å²) >= 11 is 0. The van der Waals surface area contributed by atoms with Gasteiger partial charge in [0.25, 0.3) is 0 Å². The van der Waals surface area contributed by atoms with Crippen LogP contribution >= 0.6 is 0 Å². The molecule has 7 heteroatoms. The first-order valence-corrected chi connectivity index (χ1v) is 20.9. The van der Waals surface area contributed by atoms with E-state index in [1.54, 1.807) is 0 Å². The topological polar surface area (TPSA) is 27.7 Å². The quantitative estimate of drug-likeness (QED) is 0.236. The Morgan fingerprint density at radius 1 is 0.538 bits per heavy atom. The van der Waals surface area contributed by atoms with Gasteiger partial charge < -0.3 is 12.3 Å². The number of hydrogen-bond donors (Lipinski definition) is 0. The van der Waals surface area contributed by atoms with Gasteiger partial charge >= 0.3 is 17.1 Å². The van der Waals surface area contributed by atoms with Crippen LogP contribution in [0.1, 0.15) is 62.3 Å². The Bertz CT molecular complexity index is 326. The van der Waals surface area contributed by atoms with E-state index in [-0.39, 0.29) is 29.7 Å². The van der Waals surface area contributed by atoms with Gasteiger partial charge in [0.15, 0.2) is 16.6 Å². The molecule has 1 unspecified atom stereocenters. The molecule has 1 atom stereocenters. The third-order valence-corrected chi connectivity index (χ3v) is 16.6. The van der Waals surface area contributed by atoms with Crippen molar-refractivity contribution < 1.29 is 12.3 Å². The van der Waals surface area contributed by atoms with Crippen molar-refractivity contribution in [3.05, 3.63) is 0 Å². The molecule has 0 aromatic heterocycles. The Labute approximate surface area is 173 Å². The van der Waals surface area contributed by atoms with Crippen LogP contribution in [0.2, 0.25) is 65.0 Å². The highest BCUT2D eigenvalue weighted by molar-refractivity contribution is 6.89. The zero-order valence-corrected chi connectivity index (χ0v) is 20.8.